The summed E-state index contributed by atoms with van der Waals surface area (Å²) in [7, 11) is -5.97. The molecule has 2 N–H and O–H groups in total. The van der Waals surface area contributed by atoms with Gasteiger partial charge in [0, 0.05) is 0 Å². The standard InChI is InChI=1S/C3H8NO5PSi/c1-2-3(4)6-11-7-10(5,8-11)9-11/h3H,2,4H2,1H3. The van der Waals surface area contributed by atoms with Crippen molar-refractivity contribution in [2.45, 2.75) is 19.6 Å². The fourth-order valence-electron chi connectivity index (χ4n) is 0.765. The molecule has 3 heterocycles. The Kier molecular flexibility index (Phi) is 1.53. The molecule has 3 aliphatic heterocycles. The molecular weight excluding hydrogens is 189 g/mol. The number of phosphoric acid groups is 1. The second-order valence-corrected chi connectivity index (χ2v) is 6.61. The molecule has 0 amide bonds. The van der Waals surface area contributed by atoms with Crippen molar-refractivity contribution in [2.24, 2.45) is 5.73 Å². The predicted octanol–water partition coefficient (Wildman–Crippen LogP) is 0.318. The summed E-state index contributed by atoms with van der Waals surface area (Å²) in [5, 5.41) is 0. The third-order valence-corrected chi connectivity index (χ3v) is 7.33. The average molecular weight is 197 g/mol. The largest absolute Gasteiger partial charge is 0.706 e. The normalized spacial score (nSPS) is 49.3. The number of hydrogen-bond donors (Lipinski definition) is 1. The predicted molar refractivity (Wildman–Crippen MR) is 36.0 cm³/mol. The van der Waals surface area contributed by atoms with E-state index in [0.717, 1.165) is 0 Å². The van der Waals surface area contributed by atoms with Gasteiger partial charge in [0.25, 0.3) is 0 Å². The zero-order valence-electron chi connectivity index (χ0n) is 5.85. The van der Waals surface area contributed by atoms with Crippen LogP contribution in [0.3, 0.4) is 0 Å². The summed E-state index contributed by atoms with van der Waals surface area (Å²) in [6.07, 6.45) is 0.172. The summed E-state index contributed by atoms with van der Waals surface area (Å²) < 4.78 is 29.9. The Morgan fingerprint density at radius 3 is 2.55 bits per heavy atom. The molecule has 3 saturated heterocycles. The van der Waals surface area contributed by atoms with Crippen molar-refractivity contribution in [3.8, 4) is 0 Å². The zero-order valence-corrected chi connectivity index (χ0v) is 7.74. The van der Waals surface area contributed by atoms with Crippen molar-refractivity contribution in [2.75, 3.05) is 0 Å². The third kappa shape index (κ3) is 1.09. The molecular formula is C3H8NO5PSi. The topological polar surface area (TPSA) is 80.0 Å². The van der Waals surface area contributed by atoms with Crippen molar-refractivity contribution >= 4 is 16.9 Å². The van der Waals surface area contributed by atoms with E-state index in [-0.39, 0.29) is 0 Å². The van der Waals surface area contributed by atoms with Crippen LogP contribution in [0.15, 0.2) is 0 Å². The minimum atomic E-state index is -3.07. The molecule has 0 aromatic rings. The lowest BCUT2D eigenvalue weighted by molar-refractivity contribution is -0.0812. The molecule has 6 nitrogen and oxygen atoms in total. The van der Waals surface area contributed by atoms with Crippen LogP contribution in [-0.4, -0.2) is 15.3 Å². The first-order valence-electron chi connectivity index (χ1n) is 3.23. The monoisotopic (exact) mass is 197 g/mol. The van der Waals surface area contributed by atoms with Crippen LogP contribution in [0.25, 0.3) is 0 Å². The molecule has 3 rings (SSSR count). The van der Waals surface area contributed by atoms with Crippen LogP contribution in [0.2, 0.25) is 0 Å². The molecule has 3 aliphatic rings. The summed E-state index contributed by atoms with van der Waals surface area (Å²) in [5.74, 6) is 0. The smallest absolute Gasteiger partial charge is 0.335 e. The van der Waals surface area contributed by atoms with Crippen LogP contribution < -0.4 is 5.73 Å². The minimum absolute atomic E-state index is 0.462. The van der Waals surface area contributed by atoms with Crippen LogP contribution in [-0.2, 0) is 21.6 Å². The highest BCUT2D eigenvalue weighted by atomic mass is 31.2. The maximum Gasteiger partial charge on any atom is 0.706 e. The van der Waals surface area contributed by atoms with Gasteiger partial charge in [0.2, 0.25) is 0 Å². The van der Waals surface area contributed by atoms with E-state index in [0.29, 0.717) is 6.42 Å². The lowest BCUT2D eigenvalue weighted by atomic mass is 10.5. The van der Waals surface area contributed by atoms with E-state index in [9.17, 15) is 4.57 Å². The van der Waals surface area contributed by atoms with Crippen molar-refractivity contribution in [3.05, 3.63) is 0 Å². The Balaban J connectivity index is 1.86. The second-order valence-electron chi connectivity index (χ2n) is 2.29. The Hall–Kier alpha value is 0.247. The van der Waals surface area contributed by atoms with Crippen LogP contribution >= 0.6 is 7.82 Å². The van der Waals surface area contributed by atoms with Gasteiger partial charge in [-0.3, -0.25) is 12.6 Å². The lowest BCUT2D eigenvalue weighted by Crippen LogP contribution is -2.67. The highest BCUT2D eigenvalue weighted by molar-refractivity contribution is 7.62. The summed E-state index contributed by atoms with van der Waals surface area (Å²) in [5.41, 5.74) is 5.42. The lowest BCUT2D eigenvalue weighted by Gasteiger charge is -2.51. The maximum atomic E-state index is 10.7. The van der Waals surface area contributed by atoms with E-state index in [1.807, 2.05) is 6.92 Å². The fourth-order valence-corrected chi connectivity index (χ4v) is 5.27. The van der Waals surface area contributed by atoms with Gasteiger partial charge < -0.3 is 10.2 Å². The molecule has 0 aromatic heterocycles. The molecule has 11 heavy (non-hydrogen) atoms. The molecule has 0 aromatic carbocycles. The number of nitrogens with two attached hydrogens (primary N) is 1. The van der Waals surface area contributed by atoms with E-state index in [1.54, 1.807) is 0 Å². The van der Waals surface area contributed by atoms with Crippen LogP contribution in [0.1, 0.15) is 13.3 Å². The summed E-state index contributed by atoms with van der Waals surface area (Å²) in [6.45, 7) is 1.85. The number of hydrogen-bond acceptors (Lipinski definition) is 6. The molecule has 0 spiro atoms. The average Bonchev–Trinajstić information content (AvgIpc) is 1.82. The van der Waals surface area contributed by atoms with E-state index in [4.69, 9.17) is 22.8 Å². The minimum Gasteiger partial charge on any atom is -0.335 e. The van der Waals surface area contributed by atoms with Gasteiger partial charge in [0.05, 0.1) is 0 Å². The molecule has 2 bridgehead atoms. The van der Waals surface area contributed by atoms with Gasteiger partial charge in [0.15, 0.2) is 0 Å². The van der Waals surface area contributed by atoms with Gasteiger partial charge in [-0.15, -0.1) is 0 Å². The molecule has 0 aliphatic carbocycles. The van der Waals surface area contributed by atoms with Crippen LogP contribution in [0.4, 0.5) is 0 Å². The van der Waals surface area contributed by atoms with E-state index < -0.39 is 23.1 Å². The van der Waals surface area contributed by atoms with Crippen molar-refractivity contribution in [3.63, 3.8) is 0 Å². The Labute approximate surface area is 64.7 Å². The molecule has 3 fully saturated rings. The number of rotatable bonds is 3. The second kappa shape index (κ2) is 2.14. The van der Waals surface area contributed by atoms with Crippen molar-refractivity contribution in [1.82, 2.24) is 0 Å². The SMILES string of the molecule is CCC(N)O[Si]12OP(=O)(O1)O2. The van der Waals surface area contributed by atoms with Crippen LogP contribution in [0.5, 0.6) is 0 Å². The molecule has 0 saturated carbocycles. The van der Waals surface area contributed by atoms with Gasteiger partial charge in [0.1, 0.15) is 6.23 Å². The van der Waals surface area contributed by atoms with Gasteiger partial charge >= 0.3 is 16.9 Å². The first kappa shape index (κ1) is 7.87. The third-order valence-electron chi connectivity index (χ3n) is 1.37. The first-order valence-corrected chi connectivity index (χ1v) is 6.32. The van der Waals surface area contributed by atoms with E-state index >= 15 is 0 Å². The summed E-state index contributed by atoms with van der Waals surface area (Å²) >= 11 is 0. The summed E-state index contributed by atoms with van der Waals surface area (Å²) in [6, 6.07) is 0. The van der Waals surface area contributed by atoms with E-state index in [2.05, 4.69) is 0 Å². The van der Waals surface area contributed by atoms with Crippen molar-refractivity contribution < 1.29 is 21.6 Å². The van der Waals surface area contributed by atoms with Gasteiger partial charge in [-0.1, -0.05) is 6.92 Å². The maximum absolute atomic E-state index is 10.7. The van der Waals surface area contributed by atoms with Gasteiger partial charge in [-0.05, 0) is 6.42 Å². The van der Waals surface area contributed by atoms with Crippen molar-refractivity contribution in [1.29, 1.82) is 0 Å². The van der Waals surface area contributed by atoms with E-state index in [1.165, 1.54) is 0 Å². The molecule has 1 unspecified atom stereocenters. The molecule has 1 atom stereocenters. The Bertz CT molecular complexity index is 207. The highest BCUT2D eigenvalue weighted by Gasteiger charge is 2.83. The van der Waals surface area contributed by atoms with Gasteiger partial charge in [-0.25, -0.2) is 4.57 Å². The van der Waals surface area contributed by atoms with Gasteiger partial charge in [-0.2, -0.15) is 0 Å². The zero-order chi connectivity index (χ0) is 8.11. The molecule has 8 heteroatoms. The molecule has 64 valence electrons. The Morgan fingerprint density at radius 2 is 2.18 bits per heavy atom. The highest BCUT2D eigenvalue weighted by Crippen LogP contribution is 2.77. The first-order chi connectivity index (χ1) is 5.08. The Morgan fingerprint density at radius 1 is 1.64 bits per heavy atom. The molecule has 0 radical (unpaired) electrons. The summed E-state index contributed by atoms with van der Waals surface area (Å²) in [4.78, 5) is 0. The quantitative estimate of drug-likeness (QED) is 0.398. The fraction of sp³-hybridized carbons (Fsp3) is 1.00. The van der Waals surface area contributed by atoms with Crippen LogP contribution in [0, 0.1) is 0 Å².